The number of hydrogen-bond acceptors (Lipinski definition) is 4. The first kappa shape index (κ1) is 14.0. The summed E-state index contributed by atoms with van der Waals surface area (Å²) in [7, 11) is -4.70. The number of benzene rings is 1. The van der Waals surface area contributed by atoms with Crippen LogP contribution in [-0.2, 0) is 10.4 Å². The molecule has 0 saturated carbocycles. The van der Waals surface area contributed by atoms with E-state index in [4.69, 9.17) is 9.66 Å². The maximum atomic E-state index is 10.6. The fourth-order valence-electron chi connectivity index (χ4n) is 0.829. The Morgan fingerprint density at radius 3 is 2.27 bits per heavy atom. The normalized spacial score (nSPS) is 10.2. The van der Waals surface area contributed by atoms with Crippen molar-refractivity contribution in [2.24, 2.45) is 0 Å². The van der Waals surface area contributed by atoms with Gasteiger partial charge in [-0.25, -0.2) is 4.79 Å². The van der Waals surface area contributed by atoms with E-state index >= 15 is 0 Å². The van der Waals surface area contributed by atoms with Crippen molar-refractivity contribution in [1.82, 2.24) is 0 Å². The first-order valence-electron chi connectivity index (χ1n) is 3.39. The Labute approximate surface area is 98.0 Å². The van der Waals surface area contributed by atoms with Crippen molar-refractivity contribution in [3.63, 3.8) is 0 Å². The summed E-state index contributed by atoms with van der Waals surface area (Å²) in [5.41, 5.74) is -0.342. The van der Waals surface area contributed by atoms with Crippen molar-refractivity contribution < 1.29 is 27.1 Å². The van der Waals surface area contributed by atoms with Gasteiger partial charge in [-0.15, -0.1) is 0 Å². The number of carbonyl (C=O) groups is 1. The molecule has 0 radical (unpaired) electrons. The summed E-state index contributed by atoms with van der Waals surface area (Å²) in [6.45, 7) is 0. The van der Waals surface area contributed by atoms with E-state index in [1.54, 1.807) is 0 Å². The van der Waals surface area contributed by atoms with E-state index in [0.29, 0.717) is 0 Å². The number of aromatic carboxylic acids is 1. The van der Waals surface area contributed by atoms with Gasteiger partial charge in [0.05, 0.1) is 0 Å². The molecule has 0 atom stereocenters. The molecule has 0 unspecified atom stereocenters. The summed E-state index contributed by atoms with van der Waals surface area (Å²) in [6, 6.07) is 5.06. The molecule has 1 aromatic carbocycles. The van der Waals surface area contributed by atoms with Crippen molar-refractivity contribution >= 4 is 35.2 Å². The van der Waals surface area contributed by atoms with Gasteiger partial charge in [-0.3, -0.25) is 4.55 Å². The molecule has 0 amide bonds. The summed E-state index contributed by atoms with van der Waals surface area (Å²) < 4.78 is 33.0. The van der Waals surface area contributed by atoms with Gasteiger partial charge in [0, 0.05) is 0 Å². The summed E-state index contributed by atoms with van der Waals surface area (Å²) in [5.74, 6) is -1.77. The maximum absolute atomic E-state index is 10.6. The van der Waals surface area contributed by atoms with Crippen LogP contribution in [0, 0.1) is 0 Å². The van der Waals surface area contributed by atoms with E-state index in [-0.39, 0.29) is 24.4 Å². The summed E-state index contributed by atoms with van der Waals surface area (Å²) in [5, 5.41) is 8.61. The van der Waals surface area contributed by atoms with Crippen LogP contribution >= 0.6 is 0 Å². The van der Waals surface area contributed by atoms with Gasteiger partial charge in [0.1, 0.15) is 5.56 Å². The van der Waals surface area contributed by atoms with Crippen LogP contribution in [-0.4, -0.2) is 42.9 Å². The molecule has 0 fully saturated rings. The van der Waals surface area contributed by atoms with Gasteiger partial charge in [0.15, 0.2) is 5.75 Å². The molecule has 0 heterocycles. The molecule has 0 aromatic heterocycles. The van der Waals surface area contributed by atoms with Crippen LogP contribution < -0.4 is 4.18 Å². The Morgan fingerprint density at radius 1 is 1.27 bits per heavy atom. The van der Waals surface area contributed by atoms with Gasteiger partial charge in [0.25, 0.3) is 0 Å². The molecule has 0 aliphatic heterocycles. The molecule has 0 aliphatic carbocycles. The molecule has 1 aromatic rings. The van der Waals surface area contributed by atoms with E-state index in [9.17, 15) is 13.2 Å². The quantitative estimate of drug-likeness (QED) is 0.552. The molecular weight excluding hydrogens is 219 g/mol. The Hall–Kier alpha value is -1.00. The van der Waals surface area contributed by atoms with E-state index in [2.05, 4.69) is 4.18 Å². The Balaban J connectivity index is 0.00000196. The second kappa shape index (κ2) is 5.18. The van der Waals surface area contributed by atoms with Crippen LogP contribution in [0.25, 0.3) is 0 Å². The third kappa shape index (κ3) is 4.36. The zero-order valence-corrected chi connectivity index (χ0v) is 7.56. The zero-order valence-electron chi connectivity index (χ0n) is 6.75. The van der Waals surface area contributed by atoms with Gasteiger partial charge in [-0.1, -0.05) is 12.1 Å². The SMILES string of the molecule is O=C(O)c1ccccc1OS(=O)(=O)O.[LiH]. The zero-order chi connectivity index (χ0) is 10.8. The minimum absolute atomic E-state index is 0. The summed E-state index contributed by atoms with van der Waals surface area (Å²) in [4.78, 5) is 10.6. The molecule has 0 bridgehead atoms. The van der Waals surface area contributed by atoms with Crippen molar-refractivity contribution in [3.05, 3.63) is 29.8 Å². The van der Waals surface area contributed by atoms with Gasteiger partial charge in [0.2, 0.25) is 0 Å². The van der Waals surface area contributed by atoms with E-state index in [1.807, 2.05) is 0 Å². The Morgan fingerprint density at radius 2 is 1.80 bits per heavy atom. The van der Waals surface area contributed by atoms with Crippen LogP contribution in [0.1, 0.15) is 10.4 Å². The van der Waals surface area contributed by atoms with Gasteiger partial charge in [-0.2, -0.15) is 8.42 Å². The molecule has 15 heavy (non-hydrogen) atoms. The van der Waals surface area contributed by atoms with Crippen molar-refractivity contribution in [2.45, 2.75) is 0 Å². The first-order chi connectivity index (χ1) is 6.40. The molecule has 8 heteroatoms. The van der Waals surface area contributed by atoms with Crippen molar-refractivity contribution in [1.29, 1.82) is 0 Å². The van der Waals surface area contributed by atoms with Gasteiger partial charge >= 0.3 is 35.2 Å². The predicted octanol–water partition coefficient (Wildman–Crippen LogP) is -0.0821. The molecule has 78 valence electrons. The van der Waals surface area contributed by atoms with Crippen molar-refractivity contribution in [2.75, 3.05) is 0 Å². The number of hydrogen-bond donors (Lipinski definition) is 2. The molecule has 0 spiro atoms. The molecule has 0 aliphatic rings. The van der Waals surface area contributed by atoms with Crippen molar-refractivity contribution in [3.8, 4) is 5.75 Å². The molecular formula is C7H7LiO6S. The number of para-hydroxylation sites is 1. The average Bonchev–Trinajstić information content (AvgIpc) is 2.01. The molecule has 6 nitrogen and oxygen atoms in total. The van der Waals surface area contributed by atoms with E-state index in [1.165, 1.54) is 12.1 Å². The van der Waals surface area contributed by atoms with Gasteiger partial charge in [-0.05, 0) is 12.1 Å². The standard InChI is InChI=1S/C7H6O6S.Li.H/c8-7(9)5-3-1-2-4-6(5)13-14(10,11)12;;/h1-4H,(H,8,9)(H,10,11,12);;. The number of rotatable bonds is 3. The van der Waals surface area contributed by atoms with Crippen LogP contribution in [0.5, 0.6) is 5.75 Å². The molecule has 2 N–H and O–H groups in total. The topological polar surface area (TPSA) is 101 Å². The first-order valence-corrected chi connectivity index (χ1v) is 4.76. The minimum atomic E-state index is -4.70. The Kier molecular flexibility index (Phi) is 4.84. The predicted molar refractivity (Wildman–Crippen MR) is 52.7 cm³/mol. The third-order valence-electron chi connectivity index (χ3n) is 1.31. The summed E-state index contributed by atoms with van der Waals surface area (Å²) in [6.07, 6.45) is 0. The summed E-state index contributed by atoms with van der Waals surface area (Å²) >= 11 is 0. The molecule has 0 saturated heterocycles. The van der Waals surface area contributed by atoms with Crippen LogP contribution in [0.4, 0.5) is 0 Å². The van der Waals surface area contributed by atoms with Crippen LogP contribution in [0.15, 0.2) is 24.3 Å². The Bertz CT molecular complexity index is 454. The van der Waals surface area contributed by atoms with Crippen LogP contribution in [0.2, 0.25) is 0 Å². The molecule has 1 rings (SSSR count). The second-order valence-corrected chi connectivity index (χ2v) is 3.33. The fraction of sp³-hybridized carbons (Fsp3) is 0. The fourth-order valence-corrected chi connectivity index (χ4v) is 1.20. The van der Waals surface area contributed by atoms with Gasteiger partial charge < -0.3 is 9.29 Å². The number of carboxylic acid groups (broad SMARTS) is 1. The number of carboxylic acids is 1. The third-order valence-corrected chi connectivity index (χ3v) is 1.70. The second-order valence-electron chi connectivity index (χ2n) is 2.31. The van der Waals surface area contributed by atoms with E-state index in [0.717, 1.165) is 12.1 Å². The average molecular weight is 226 g/mol. The van der Waals surface area contributed by atoms with Crippen LogP contribution in [0.3, 0.4) is 0 Å². The van der Waals surface area contributed by atoms with E-state index < -0.39 is 22.1 Å². The monoisotopic (exact) mass is 226 g/mol.